The molecule has 0 aliphatic heterocycles. The summed E-state index contributed by atoms with van der Waals surface area (Å²) in [6.07, 6.45) is 8.16. The Morgan fingerprint density at radius 2 is 2.00 bits per heavy atom. The summed E-state index contributed by atoms with van der Waals surface area (Å²) < 4.78 is 2.03. The molecule has 7 nitrogen and oxygen atoms in total. The second-order valence-electron chi connectivity index (χ2n) is 5.29. The van der Waals surface area contributed by atoms with Crippen molar-refractivity contribution in [3.63, 3.8) is 0 Å². The number of benzene rings is 1. The van der Waals surface area contributed by atoms with Crippen molar-refractivity contribution in [3.05, 3.63) is 60.8 Å². The molecule has 24 heavy (non-hydrogen) atoms. The molecule has 0 fully saturated rings. The molecule has 122 valence electrons. The van der Waals surface area contributed by atoms with Crippen LogP contribution in [0, 0.1) is 0 Å². The van der Waals surface area contributed by atoms with Crippen molar-refractivity contribution in [1.29, 1.82) is 0 Å². The van der Waals surface area contributed by atoms with Gasteiger partial charge < -0.3 is 15.6 Å². The third-order valence-electron chi connectivity index (χ3n) is 3.56. The molecule has 0 atom stereocenters. The highest BCUT2D eigenvalue weighted by molar-refractivity contribution is 5.93. The summed E-state index contributed by atoms with van der Waals surface area (Å²) in [6, 6.07) is 8.86. The Hall–Kier alpha value is -3.22. The number of nitrogens with one attached hydrogen (secondary N) is 1. The smallest absolute Gasteiger partial charge is 0.248 e. The Kier molecular flexibility index (Phi) is 4.81. The lowest BCUT2D eigenvalue weighted by Crippen LogP contribution is -2.10. The van der Waals surface area contributed by atoms with Crippen LogP contribution in [0.5, 0.6) is 0 Å². The van der Waals surface area contributed by atoms with Gasteiger partial charge in [-0.15, -0.1) is 0 Å². The summed E-state index contributed by atoms with van der Waals surface area (Å²) >= 11 is 0. The summed E-state index contributed by atoms with van der Waals surface area (Å²) in [5.74, 6) is 0.140. The maximum absolute atomic E-state index is 11.1. The average molecular weight is 322 g/mol. The molecular formula is C17H18N6O. The zero-order chi connectivity index (χ0) is 16.8. The molecule has 0 aliphatic rings. The first-order valence-electron chi connectivity index (χ1n) is 7.65. The number of hydrogen-bond acceptors (Lipinski definition) is 5. The molecule has 0 saturated carbocycles. The van der Waals surface area contributed by atoms with E-state index in [2.05, 4.69) is 20.3 Å². The van der Waals surface area contributed by atoms with Crippen LogP contribution in [0.3, 0.4) is 0 Å². The lowest BCUT2D eigenvalue weighted by Gasteiger charge is -2.07. The van der Waals surface area contributed by atoms with Crippen LogP contribution >= 0.6 is 0 Å². The van der Waals surface area contributed by atoms with Crippen molar-refractivity contribution in [1.82, 2.24) is 19.5 Å². The molecule has 3 rings (SSSR count). The largest absolute Gasteiger partial charge is 0.366 e. The quantitative estimate of drug-likeness (QED) is 0.648. The summed E-state index contributed by atoms with van der Waals surface area (Å²) in [5.41, 5.74) is 7.42. The van der Waals surface area contributed by atoms with Gasteiger partial charge in [-0.1, -0.05) is 12.1 Å². The van der Waals surface area contributed by atoms with Gasteiger partial charge in [0.05, 0.1) is 12.0 Å². The number of aryl methyl sites for hydroxylation is 1. The highest BCUT2D eigenvalue weighted by Crippen LogP contribution is 2.18. The van der Waals surface area contributed by atoms with E-state index < -0.39 is 5.91 Å². The molecule has 0 aliphatic carbocycles. The normalized spacial score (nSPS) is 10.5. The van der Waals surface area contributed by atoms with Gasteiger partial charge in [-0.25, -0.2) is 15.0 Å². The number of aromatic nitrogens is 4. The van der Waals surface area contributed by atoms with Crippen LogP contribution in [-0.2, 0) is 6.54 Å². The first kappa shape index (κ1) is 15.7. The number of carbonyl (C=O) groups is 1. The Labute approximate surface area is 139 Å². The Balaban J connectivity index is 1.60. The molecule has 2 aromatic heterocycles. The van der Waals surface area contributed by atoms with Crippen LogP contribution in [0.4, 0.5) is 5.95 Å². The molecule has 7 heteroatoms. The average Bonchev–Trinajstić information content (AvgIpc) is 3.12. The van der Waals surface area contributed by atoms with E-state index in [0.29, 0.717) is 11.5 Å². The van der Waals surface area contributed by atoms with E-state index in [-0.39, 0.29) is 0 Å². The number of nitrogens with two attached hydrogens (primary N) is 1. The predicted octanol–water partition coefficient (Wildman–Crippen LogP) is 1.94. The molecule has 3 N–H and O–H groups in total. The number of imidazole rings is 1. The lowest BCUT2D eigenvalue weighted by molar-refractivity contribution is 0.100. The van der Waals surface area contributed by atoms with Gasteiger partial charge in [0, 0.05) is 42.8 Å². The summed E-state index contributed by atoms with van der Waals surface area (Å²) in [5, 5.41) is 3.22. The van der Waals surface area contributed by atoms with Crippen molar-refractivity contribution < 1.29 is 4.79 Å². The third kappa shape index (κ3) is 3.95. The van der Waals surface area contributed by atoms with Gasteiger partial charge in [-0.3, -0.25) is 4.79 Å². The fraction of sp³-hybridized carbons (Fsp3) is 0.176. The minimum Gasteiger partial charge on any atom is -0.366 e. The number of carbonyl (C=O) groups excluding carboxylic acids is 1. The third-order valence-corrected chi connectivity index (χ3v) is 3.56. The Morgan fingerprint density at radius 3 is 2.71 bits per heavy atom. The maximum atomic E-state index is 11.1. The van der Waals surface area contributed by atoms with E-state index in [1.165, 1.54) is 0 Å². The van der Waals surface area contributed by atoms with Crippen molar-refractivity contribution in [2.24, 2.45) is 5.73 Å². The van der Waals surface area contributed by atoms with Crippen molar-refractivity contribution in [2.75, 3.05) is 11.9 Å². The van der Waals surface area contributed by atoms with Gasteiger partial charge in [0.2, 0.25) is 11.9 Å². The van der Waals surface area contributed by atoms with Gasteiger partial charge in [0.15, 0.2) is 0 Å². The molecule has 1 amide bonds. The van der Waals surface area contributed by atoms with Crippen LogP contribution in [0.15, 0.2) is 55.2 Å². The molecule has 3 aromatic rings. The van der Waals surface area contributed by atoms with E-state index in [4.69, 9.17) is 5.73 Å². The Bertz CT molecular complexity index is 798. The van der Waals surface area contributed by atoms with Crippen molar-refractivity contribution >= 4 is 11.9 Å². The van der Waals surface area contributed by atoms with Crippen LogP contribution in [0.2, 0.25) is 0 Å². The van der Waals surface area contributed by atoms with Crippen molar-refractivity contribution in [2.45, 2.75) is 13.0 Å². The summed E-state index contributed by atoms with van der Waals surface area (Å²) in [6.45, 7) is 1.66. The summed E-state index contributed by atoms with van der Waals surface area (Å²) in [4.78, 5) is 23.9. The molecule has 1 aromatic carbocycles. The highest BCUT2D eigenvalue weighted by Gasteiger charge is 2.04. The van der Waals surface area contributed by atoms with Gasteiger partial charge in [-0.2, -0.15) is 0 Å². The van der Waals surface area contributed by atoms with E-state index in [1.54, 1.807) is 30.9 Å². The SMILES string of the molecule is NC(=O)c1ccc(-c2ccnc(NCCCn3ccnc3)n2)cc1. The minimum absolute atomic E-state index is 0.440. The van der Waals surface area contributed by atoms with Crippen LogP contribution in [0.1, 0.15) is 16.8 Å². The van der Waals surface area contributed by atoms with Crippen LogP contribution in [0.25, 0.3) is 11.3 Å². The molecule has 0 unspecified atom stereocenters. The second-order valence-corrected chi connectivity index (χ2v) is 5.29. The first-order chi connectivity index (χ1) is 11.7. The Morgan fingerprint density at radius 1 is 1.17 bits per heavy atom. The van der Waals surface area contributed by atoms with Gasteiger partial charge in [0.1, 0.15) is 0 Å². The van der Waals surface area contributed by atoms with Crippen LogP contribution in [-0.4, -0.2) is 32.0 Å². The van der Waals surface area contributed by atoms with E-state index >= 15 is 0 Å². The standard InChI is InChI=1S/C17H18N6O/c18-16(24)14-4-2-13(3-5-14)15-6-8-21-17(22-15)20-7-1-10-23-11-9-19-12-23/h2-6,8-9,11-12H,1,7,10H2,(H2,18,24)(H,20,21,22). The van der Waals surface area contributed by atoms with Gasteiger partial charge in [-0.05, 0) is 24.6 Å². The lowest BCUT2D eigenvalue weighted by atomic mass is 10.1. The number of amides is 1. The number of anilines is 1. The van der Waals surface area contributed by atoms with Gasteiger partial charge in [0.25, 0.3) is 0 Å². The van der Waals surface area contributed by atoms with Gasteiger partial charge >= 0.3 is 0 Å². The summed E-state index contributed by atoms with van der Waals surface area (Å²) in [7, 11) is 0. The zero-order valence-corrected chi connectivity index (χ0v) is 13.1. The zero-order valence-electron chi connectivity index (χ0n) is 13.1. The fourth-order valence-electron chi connectivity index (χ4n) is 2.29. The molecular weight excluding hydrogens is 304 g/mol. The fourth-order valence-corrected chi connectivity index (χ4v) is 2.29. The predicted molar refractivity (Wildman–Crippen MR) is 91.3 cm³/mol. The molecule has 2 heterocycles. The number of primary amides is 1. The molecule has 0 saturated heterocycles. The molecule has 0 radical (unpaired) electrons. The number of nitrogens with zero attached hydrogens (tertiary/aromatic N) is 4. The number of hydrogen-bond donors (Lipinski definition) is 2. The maximum Gasteiger partial charge on any atom is 0.248 e. The monoisotopic (exact) mass is 322 g/mol. The van der Waals surface area contributed by atoms with E-state index in [9.17, 15) is 4.79 Å². The van der Waals surface area contributed by atoms with E-state index in [1.807, 2.05) is 29.0 Å². The van der Waals surface area contributed by atoms with Crippen LogP contribution < -0.4 is 11.1 Å². The first-order valence-corrected chi connectivity index (χ1v) is 7.65. The number of rotatable bonds is 7. The highest BCUT2D eigenvalue weighted by atomic mass is 16.1. The molecule has 0 spiro atoms. The molecule has 0 bridgehead atoms. The minimum atomic E-state index is -0.440. The topological polar surface area (TPSA) is 98.7 Å². The second kappa shape index (κ2) is 7.36. The van der Waals surface area contributed by atoms with Crippen molar-refractivity contribution in [3.8, 4) is 11.3 Å². The van der Waals surface area contributed by atoms with E-state index in [0.717, 1.165) is 30.8 Å².